The zero-order valence-electron chi connectivity index (χ0n) is 17.3. The Kier molecular flexibility index (Phi) is 5.14. The highest BCUT2D eigenvalue weighted by molar-refractivity contribution is 7.19. The molecule has 5 rings (SSSR count). The van der Waals surface area contributed by atoms with Gasteiger partial charge in [0.25, 0.3) is 0 Å². The van der Waals surface area contributed by atoms with Crippen molar-refractivity contribution in [2.45, 2.75) is 39.2 Å². The summed E-state index contributed by atoms with van der Waals surface area (Å²) < 4.78 is 5.58. The average molecular weight is 410 g/mol. The van der Waals surface area contributed by atoms with E-state index in [-0.39, 0.29) is 0 Å². The summed E-state index contributed by atoms with van der Waals surface area (Å²) in [4.78, 5) is 16.2. The van der Waals surface area contributed by atoms with E-state index < -0.39 is 0 Å². The average Bonchev–Trinajstić information content (AvgIpc) is 3.13. The predicted octanol–water partition coefficient (Wildman–Crippen LogP) is 2.79. The second-order valence-corrected chi connectivity index (χ2v) is 9.40. The number of methoxy groups -OCH3 is 1. The van der Waals surface area contributed by atoms with E-state index in [1.165, 1.54) is 58.4 Å². The molecule has 152 valence electrons. The number of aryl methyl sites for hydroxylation is 3. The van der Waals surface area contributed by atoms with E-state index in [2.05, 4.69) is 35.0 Å². The monoisotopic (exact) mass is 409 g/mol. The Bertz CT molecular complexity index is 1020. The van der Waals surface area contributed by atoms with Crippen LogP contribution in [0.2, 0.25) is 0 Å². The molecule has 2 aliphatic rings. The number of aromatic nitrogens is 2. The van der Waals surface area contributed by atoms with Crippen LogP contribution in [0.5, 0.6) is 5.75 Å². The van der Waals surface area contributed by atoms with Crippen LogP contribution in [-0.4, -0.2) is 43.3 Å². The molecule has 0 amide bonds. The molecule has 3 aromatic rings. The summed E-state index contributed by atoms with van der Waals surface area (Å²) in [6.45, 7) is 7.49. The number of thiophene rings is 1. The molecule has 1 fully saturated rings. The van der Waals surface area contributed by atoms with Gasteiger partial charge < -0.3 is 14.5 Å². The first-order valence-electron chi connectivity index (χ1n) is 10.7. The third-order valence-electron chi connectivity index (χ3n) is 6.38. The molecule has 6 heteroatoms. The lowest BCUT2D eigenvalue weighted by atomic mass is 9.97. The van der Waals surface area contributed by atoms with Gasteiger partial charge in [-0.1, -0.05) is 11.6 Å². The number of hydrogen-bond acceptors (Lipinski definition) is 5. The normalized spacial score (nSPS) is 17.5. The fourth-order valence-electron chi connectivity index (χ4n) is 4.84. The SMILES string of the molecule is COc1ccc(C)cc1C[NH+]1CCN(c2ncnc3sc4c(c23)CCCC4)CC1. The van der Waals surface area contributed by atoms with Crippen LogP contribution in [0.15, 0.2) is 24.5 Å². The largest absolute Gasteiger partial charge is 0.496 e. The summed E-state index contributed by atoms with van der Waals surface area (Å²) >= 11 is 1.89. The van der Waals surface area contributed by atoms with Gasteiger partial charge in [-0.25, -0.2) is 9.97 Å². The van der Waals surface area contributed by atoms with Crippen LogP contribution >= 0.6 is 11.3 Å². The van der Waals surface area contributed by atoms with E-state index in [4.69, 9.17) is 9.72 Å². The number of ether oxygens (including phenoxy) is 1. The van der Waals surface area contributed by atoms with Crippen LogP contribution in [0.1, 0.15) is 34.4 Å². The summed E-state index contributed by atoms with van der Waals surface area (Å²) in [5, 5.41) is 1.34. The molecule has 3 heterocycles. The van der Waals surface area contributed by atoms with Gasteiger partial charge in [-0.3, -0.25) is 0 Å². The molecule has 0 atom stereocenters. The molecule has 0 bridgehead atoms. The van der Waals surface area contributed by atoms with Crippen LogP contribution in [0, 0.1) is 6.92 Å². The number of hydrogen-bond donors (Lipinski definition) is 1. The minimum atomic E-state index is 1.01. The maximum atomic E-state index is 5.58. The first-order chi connectivity index (χ1) is 14.2. The Morgan fingerprint density at radius 1 is 1.14 bits per heavy atom. The summed E-state index contributed by atoms with van der Waals surface area (Å²) in [7, 11) is 1.77. The molecule has 1 saturated heterocycles. The first kappa shape index (κ1) is 18.8. The van der Waals surface area contributed by atoms with Gasteiger partial charge in [0.2, 0.25) is 0 Å². The molecule has 5 nitrogen and oxygen atoms in total. The smallest absolute Gasteiger partial charge is 0.141 e. The van der Waals surface area contributed by atoms with E-state index in [1.54, 1.807) is 23.2 Å². The lowest BCUT2D eigenvalue weighted by Gasteiger charge is -2.33. The van der Waals surface area contributed by atoms with Gasteiger partial charge in [0.1, 0.15) is 29.3 Å². The van der Waals surface area contributed by atoms with E-state index in [0.29, 0.717) is 0 Å². The lowest BCUT2D eigenvalue weighted by molar-refractivity contribution is -0.914. The zero-order chi connectivity index (χ0) is 19.8. The van der Waals surface area contributed by atoms with Gasteiger partial charge in [0.15, 0.2) is 0 Å². The molecule has 0 saturated carbocycles. The zero-order valence-corrected chi connectivity index (χ0v) is 18.1. The summed E-state index contributed by atoms with van der Waals surface area (Å²) in [6, 6.07) is 6.49. The van der Waals surface area contributed by atoms with Gasteiger partial charge in [-0.2, -0.15) is 0 Å². The van der Waals surface area contributed by atoms with Crippen molar-refractivity contribution in [3.63, 3.8) is 0 Å². The second-order valence-electron chi connectivity index (χ2n) is 8.32. The highest BCUT2D eigenvalue weighted by atomic mass is 32.1. The molecule has 1 aliphatic carbocycles. The first-order valence-corrected chi connectivity index (χ1v) is 11.5. The molecule has 0 radical (unpaired) electrons. The third-order valence-corrected chi connectivity index (χ3v) is 7.58. The van der Waals surface area contributed by atoms with E-state index in [1.807, 2.05) is 11.3 Å². The minimum Gasteiger partial charge on any atom is -0.496 e. The number of quaternary nitrogens is 1. The molecule has 29 heavy (non-hydrogen) atoms. The number of anilines is 1. The van der Waals surface area contributed by atoms with Crippen molar-refractivity contribution in [3.05, 3.63) is 46.1 Å². The van der Waals surface area contributed by atoms with Crippen molar-refractivity contribution in [1.29, 1.82) is 0 Å². The molecule has 1 N–H and O–H groups in total. The molecule has 2 aromatic heterocycles. The summed E-state index contributed by atoms with van der Waals surface area (Å²) in [5.74, 6) is 2.18. The van der Waals surface area contributed by atoms with E-state index >= 15 is 0 Å². The molecular formula is C23H29N4OS+. The highest BCUT2D eigenvalue weighted by Gasteiger charge is 2.26. The van der Waals surface area contributed by atoms with Gasteiger partial charge >= 0.3 is 0 Å². The van der Waals surface area contributed by atoms with Gasteiger partial charge in [0.05, 0.1) is 38.7 Å². The van der Waals surface area contributed by atoms with Crippen molar-refractivity contribution in [2.75, 3.05) is 38.2 Å². The summed E-state index contributed by atoms with van der Waals surface area (Å²) in [5.41, 5.74) is 4.14. The van der Waals surface area contributed by atoms with Crippen LogP contribution in [-0.2, 0) is 19.4 Å². The van der Waals surface area contributed by atoms with Crippen molar-refractivity contribution in [1.82, 2.24) is 9.97 Å². The lowest BCUT2D eigenvalue weighted by Crippen LogP contribution is -3.13. The molecule has 1 aliphatic heterocycles. The van der Waals surface area contributed by atoms with Crippen molar-refractivity contribution >= 4 is 27.4 Å². The Hall–Kier alpha value is -2.18. The highest BCUT2D eigenvalue weighted by Crippen LogP contribution is 2.39. The van der Waals surface area contributed by atoms with E-state index in [0.717, 1.165) is 38.5 Å². The minimum absolute atomic E-state index is 1.01. The van der Waals surface area contributed by atoms with Crippen molar-refractivity contribution in [2.24, 2.45) is 0 Å². The Labute approximate surface area is 176 Å². The Balaban J connectivity index is 1.34. The molecule has 0 unspecified atom stereocenters. The maximum Gasteiger partial charge on any atom is 0.141 e. The van der Waals surface area contributed by atoms with Crippen LogP contribution in [0.4, 0.5) is 5.82 Å². The third kappa shape index (κ3) is 3.60. The molecule has 0 spiro atoms. The fourth-order valence-corrected chi connectivity index (χ4v) is 6.06. The van der Waals surface area contributed by atoms with Crippen molar-refractivity contribution in [3.8, 4) is 5.75 Å². The van der Waals surface area contributed by atoms with Gasteiger partial charge in [-0.15, -0.1) is 11.3 Å². The van der Waals surface area contributed by atoms with Crippen molar-refractivity contribution < 1.29 is 9.64 Å². The number of fused-ring (bicyclic) bond motifs is 3. The standard InChI is InChI=1S/C23H28N4OS/c1-16-7-8-19(28-2)17(13-16)14-26-9-11-27(12-10-26)22-21-18-5-3-4-6-20(18)29-23(21)25-15-24-22/h7-8,13,15H,3-6,9-12,14H2,1-2H3/p+1. The van der Waals surface area contributed by atoms with E-state index in [9.17, 15) is 0 Å². The maximum absolute atomic E-state index is 5.58. The number of piperazine rings is 1. The number of benzene rings is 1. The molecular weight excluding hydrogens is 380 g/mol. The number of rotatable bonds is 4. The quantitative estimate of drug-likeness (QED) is 0.720. The summed E-state index contributed by atoms with van der Waals surface area (Å²) in [6.07, 6.45) is 6.77. The Morgan fingerprint density at radius 3 is 2.79 bits per heavy atom. The van der Waals surface area contributed by atoms with Gasteiger partial charge in [0, 0.05) is 10.4 Å². The number of nitrogens with one attached hydrogen (secondary N) is 1. The van der Waals surface area contributed by atoms with Gasteiger partial charge in [-0.05, 0) is 50.3 Å². The van der Waals surface area contributed by atoms with Crippen LogP contribution in [0.25, 0.3) is 10.2 Å². The predicted molar refractivity (Wildman–Crippen MR) is 118 cm³/mol. The van der Waals surface area contributed by atoms with Crippen LogP contribution in [0.3, 0.4) is 0 Å². The topological polar surface area (TPSA) is 42.7 Å². The Morgan fingerprint density at radius 2 is 1.97 bits per heavy atom. The van der Waals surface area contributed by atoms with Crippen LogP contribution < -0.4 is 14.5 Å². The fraction of sp³-hybridized carbons (Fsp3) is 0.478. The second kappa shape index (κ2) is 7.92. The molecule has 1 aromatic carbocycles. The number of nitrogens with zero attached hydrogens (tertiary/aromatic N) is 3.